The van der Waals surface area contributed by atoms with Crippen LogP contribution in [0.3, 0.4) is 0 Å². The van der Waals surface area contributed by atoms with E-state index in [1.54, 1.807) is 12.4 Å². The van der Waals surface area contributed by atoms with Gasteiger partial charge in [-0.25, -0.2) is 0 Å². The molecule has 0 aliphatic rings. The highest BCUT2D eigenvalue weighted by molar-refractivity contribution is 5.61. The summed E-state index contributed by atoms with van der Waals surface area (Å²) in [6.07, 6.45) is 9.60. The van der Waals surface area contributed by atoms with E-state index >= 15 is 0 Å². The summed E-state index contributed by atoms with van der Waals surface area (Å²) in [6, 6.07) is 4.30. The molecule has 3 rings (SSSR count). The molecular formula is C17H22N6. The number of pyridine rings is 1. The summed E-state index contributed by atoms with van der Waals surface area (Å²) in [5.74, 6) is 0. The number of nitrogens with zero attached hydrogens (tertiary/aromatic N) is 5. The summed E-state index contributed by atoms with van der Waals surface area (Å²) >= 11 is 0. The average Bonchev–Trinajstić information content (AvgIpc) is 3.12. The van der Waals surface area contributed by atoms with Gasteiger partial charge in [-0.2, -0.15) is 10.2 Å². The molecule has 0 aliphatic heterocycles. The molecule has 0 spiro atoms. The molecule has 6 heteroatoms. The lowest BCUT2D eigenvalue weighted by atomic mass is 10.1. The standard InChI is InChI=1S/C17H22N6/c1-13-8-20-23(10-13)11-14(2)19-9-16-12-22(3)21-17(16)15-4-6-18-7-5-15/h4-8,10,12,14,19H,9,11H2,1-3H3. The Bertz CT molecular complexity index is 758. The van der Waals surface area contributed by atoms with Gasteiger partial charge >= 0.3 is 0 Å². The van der Waals surface area contributed by atoms with Crippen molar-refractivity contribution in [3.05, 3.63) is 54.2 Å². The third-order valence-corrected chi connectivity index (χ3v) is 3.72. The second-order valence-corrected chi connectivity index (χ2v) is 5.93. The minimum Gasteiger partial charge on any atom is -0.308 e. The number of aromatic nitrogens is 5. The van der Waals surface area contributed by atoms with Crippen molar-refractivity contribution in [2.45, 2.75) is 33.0 Å². The molecule has 3 aromatic rings. The van der Waals surface area contributed by atoms with Gasteiger partial charge in [-0.15, -0.1) is 0 Å². The minimum absolute atomic E-state index is 0.319. The van der Waals surface area contributed by atoms with E-state index in [2.05, 4.69) is 46.7 Å². The molecule has 0 aliphatic carbocycles. The van der Waals surface area contributed by atoms with E-state index in [1.165, 1.54) is 11.1 Å². The normalized spacial score (nSPS) is 12.5. The summed E-state index contributed by atoms with van der Waals surface area (Å²) in [5.41, 5.74) is 4.46. The van der Waals surface area contributed by atoms with Gasteiger partial charge in [0.15, 0.2) is 0 Å². The minimum atomic E-state index is 0.319. The fourth-order valence-corrected chi connectivity index (χ4v) is 2.62. The maximum atomic E-state index is 4.58. The van der Waals surface area contributed by atoms with E-state index in [0.29, 0.717) is 6.04 Å². The molecule has 6 nitrogen and oxygen atoms in total. The van der Waals surface area contributed by atoms with Crippen molar-refractivity contribution in [1.29, 1.82) is 0 Å². The van der Waals surface area contributed by atoms with Crippen LogP contribution in [0.2, 0.25) is 0 Å². The van der Waals surface area contributed by atoms with Crippen molar-refractivity contribution in [1.82, 2.24) is 29.9 Å². The van der Waals surface area contributed by atoms with Gasteiger partial charge < -0.3 is 5.32 Å². The Balaban J connectivity index is 1.66. The summed E-state index contributed by atoms with van der Waals surface area (Å²) < 4.78 is 3.83. The molecule has 0 saturated heterocycles. The third kappa shape index (κ3) is 3.84. The van der Waals surface area contributed by atoms with Crippen LogP contribution < -0.4 is 5.32 Å². The van der Waals surface area contributed by atoms with Gasteiger partial charge in [-0.3, -0.25) is 14.3 Å². The van der Waals surface area contributed by atoms with E-state index < -0.39 is 0 Å². The lowest BCUT2D eigenvalue weighted by molar-refractivity contribution is 0.451. The van der Waals surface area contributed by atoms with Gasteiger partial charge in [0.2, 0.25) is 0 Å². The fraction of sp³-hybridized carbons (Fsp3) is 0.353. The predicted molar refractivity (Wildman–Crippen MR) is 89.7 cm³/mol. The van der Waals surface area contributed by atoms with Crippen LogP contribution in [0.25, 0.3) is 11.3 Å². The Morgan fingerprint density at radius 2 is 2.00 bits per heavy atom. The van der Waals surface area contributed by atoms with Crippen LogP contribution in [0.4, 0.5) is 0 Å². The van der Waals surface area contributed by atoms with Crippen LogP contribution in [0.15, 0.2) is 43.1 Å². The summed E-state index contributed by atoms with van der Waals surface area (Å²) in [4.78, 5) is 4.07. The fourth-order valence-electron chi connectivity index (χ4n) is 2.62. The van der Waals surface area contributed by atoms with Gasteiger partial charge in [-0.05, 0) is 31.5 Å². The first-order valence-corrected chi connectivity index (χ1v) is 7.77. The maximum absolute atomic E-state index is 4.58. The van der Waals surface area contributed by atoms with Crippen LogP contribution in [0.1, 0.15) is 18.1 Å². The Morgan fingerprint density at radius 3 is 2.70 bits per heavy atom. The molecule has 3 aromatic heterocycles. The molecule has 1 N–H and O–H groups in total. The SMILES string of the molecule is Cc1cnn(CC(C)NCc2cn(C)nc2-c2ccncc2)c1. The molecule has 0 aromatic carbocycles. The van der Waals surface area contributed by atoms with Crippen LogP contribution >= 0.6 is 0 Å². The number of hydrogen-bond donors (Lipinski definition) is 1. The molecule has 120 valence electrons. The predicted octanol–water partition coefficient (Wildman–Crippen LogP) is 2.17. The first kappa shape index (κ1) is 15.4. The Kier molecular flexibility index (Phi) is 4.52. The first-order chi connectivity index (χ1) is 11.1. The summed E-state index contributed by atoms with van der Waals surface area (Å²) in [6.45, 7) is 5.84. The van der Waals surface area contributed by atoms with E-state index in [9.17, 15) is 0 Å². The number of hydrogen-bond acceptors (Lipinski definition) is 4. The highest BCUT2D eigenvalue weighted by Crippen LogP contribution is 2.21. The van der Waals surface area contributed by atoms with E-state index in [-0.39, 0.29) is 0 Å². The lowest BCUT2D eigenvalue weighted by Gasteiger charge is -2.13. The topological polar surface area (TPSA) is 60.6 Å². The van der Waals surface area contributed by atoms with E-state index in [0.717, 1.165) is 24.3 Å². The van der Waals surface area contributed by atoms with Crippen LogP contribution in [-0.2, 0) is 20.1 Å². The van der Waals surface area contributed by atoms with Crippen molar-refractivity contribution in [2.24, 2.45) is 7.05 Å². The number of nitrogens with one attached hydrogen (secondary N) is 1. The molecule has 0 amide bonds. The van der Waals surface area contributed by atoms with E-state index in [4.69, 9.17) is 0 Å². The van der Waals surface area contributed by atoms with Gasteiger partial charge in [0.1, 0.15) is 0 Å². The van der Waals surface area contributed by atoms with Gasteiger partial charge in [-0.1, -0.05) is 0 Å². The Morgan fingerprint density at radius 1 is 1.22 bits per heavy atom. The zero-order valence-corrected chi connectivity index (χ0v) is 13.8. The molecule has 0 fully saturated rings. The molecule has 1 atom stereocenters. The molecule has 0 bridgehead atoms. The molecular weight excluding hydrogens is 288 g/mol. The van der Waals surface area contributed by atoms with Gasteiger partial charge in [0, 0.05) is 55.5 Å². The van der Waals surface area contributed by atoms with E-state index in [1.807, 2.05) is 34.7 Å². The highest BCUT2D eigenvalue weighted by atomic mass is 15.3. The van der Waals surface area contributed by atoms with Gasteiger partial charge in [0.05, 0.1) is 18.4 Å². The molecule has 0 saturated carbocycles. The number of rotatable bonds is 6. The van der Waals surface area contributed by atoms with Crippen molar-refractivity contribution in [3.8, 4) is 11.3 Å². The smallest absolute Gasteiger partial charge is 0.0969 e. The van der Waals surface area contributed by atoms with Crippen molar-refractivity contribution in [3.63, 3.8) is 0 Å². The van der Waals surface area contributed by atoms with Crippen LogP contribution in [-0.4, -0.2) is 30.6 Å². The maximum Gasteiger partial charge on any atom is 0.0969 e. The van der Waals surface area contributed by atoms with Gasteiger partial charge in [0.25, 0.3) is 0 Å². The largest absolute Gasteiger partial charge is 0.308 e. The molecule has 3 heterocycles. The zero-order chi connectivity index (χ0) is 16.2. The zero-order valence-electron chi connectivity index (χ0n) is 13.8. The second kappa shape index (κ2) is 6.75. The van der Waals surface area contributed by atoms with Crippen LogP contribution in [0, 0.1) is 6.92 Å². The summed E-state index contributed by atoms with van der Waals surface area (Å²) in [5, 5.41) is 12.5. The molecule has 23 heavy (non-hydrogen) atoms. The molecule has 0 radical (unpaired) electrons. The van der Waals surface area contributed by atoms with Crippen molar-refractivity contribution in [2.75, 3.05) is 0 Å². The second-order valence-electron chi connectivity index (χ2n) is 5.93. The molecule has 1 unspecified atom stereocenters. The lowest BCUT2D eigenvalue weighted by Crippen LogP contribution is -2.30. The quantitative estimate of drug-likeness (QED) is 0.758. The number of aryl methyl sites for hydroxylation is 2. The Labute approximate surface area is 136 Å². The first-order valence-electron chi connectivity index (χ1n) is 7.77. The van der Waals surface area contributed by atoms with Crippen molar-refractivity contribution >= 4 is 0 Å². The monoisotopic (exact) mass is 310 g/mol. The average molecular weight is 310 g/mol. The third-order valence-electron chi connectivity index (χ3n) is 3.72. The van der Waals surface area contributed by atoms with Crippen LogP contribution in [0.5, 0.6) is 0 Å². The highest BCUT2D eigenvalue weighted by Gasteiger charge is 2.11. The summed E-state index contributed by atoms with van der Waals surface area (Å²) in [7, 11) is 1.95. The Hall–Kier alpha value is -2.47. The van der Waals surface area contributed by atoms with Crippen molar-refractivity contribution < 1.29 is 0 Å².